The van der Waals surface area contributed by atoms with Crippen LogP contribution in [-0.2, 0) is 22.4 Å². The molecular weight excluding hydrogens is 266 g/mol. The van der Waals surface area contributed by atoms with E-state index in [0.717, 1.165) is 11.1 Å². The highest BCUT2D eigenvalue weighted by Crippen LogP contribution is 2.16. The number of aryl methyl sites for hydroxylation is 1. The first-order valence-corrected chi connectivity index (χ1v) is 6.69. The fourth-order valence-corrected chi connectivity index (χ4v) is 2.05. The Hall–Kier alpha value is -2.62. The van der Waals surface area contributed by atoms with E-state index in [-0.39, 0.29) is 18.7 Å². The number of carboxylic acids is 1. The van der Waals surface area contributed by atoms with Crippen molar-refractivity contribution in [1.82, 2.24) is 0 Å². The number of amides is 1. The highest BCUT2D eigenvalue weighted by molar-refractivity contribution is 5.93. The van der Waals surface area contributed by atoms with Crippen LogP contribution in [0.5, 0.6) is 0 Å². The van der Waals surface area contributed by atoms with Crippen molar-refractivity contribution in [3.05, 3.63) is 65.2 Å². The van der Waals surface area contributed by atoms with Gasteiger partial charge in [0.25, 0.3) is 0 Å². The molecule has 21 heavy (non-hydrogen) atoms. The standard InChI is InChI=1S/C17H17NO3/c1-12-6-8-13(9-7-12)10-16(19)18-15-5-3-2-4-14(15)11-17(20)21/h2-9H,10-11H2,1H3,(H,18,19)(H,20,21). The summed E-state index contributed by atoms with van der Waals surface area (Å²) in [6.45, 7) is 1.99. The Kier molecular flexibility index (Phi) is 4.72. The third-order valence-electron chi connectivity index (χ3n) is 3.12. The minimum Gasteiger partial charge on any atom is -0.481 e. The van der Waals surface area contributed by atoms with E-state index in [9.17, 15) is 9.59 Å². The van der Waals surface area contributed by atoms with E-state index in [1.165, 1.54) is 0 Å². The number of nitrogens with one attached hydrogen (secondary N) is 1. The van der Waals surface area contributed by atoms with E-state index in [0.29, 0.717) is 11.3 Å². The summed E-state index contributed by atoms with van der Waals surface area (Å²) in [7, 11) is 0. The number of hydrogen-bond acceptors (Lipinski definition) is 2. The largest absolute Gasteiger partial charge is 0.481 e. The third-order valence-corrected chi connectivity index (χ3v) is 3.12. The van der Waals surface area contributed by atoms with Crippen LogP contribution in [0.25, 0.3) is 0 Å². The van der Waals surface area contributed by atoms with E-state index in [1.807, 2.05) is 31.2 Å². The molecular formula is C17H17NO3. The maximum absolute atomic E-state index is 12.0. The van der Waals surface area contributed by atoms with Gasteiger partial charge in [-0.2, -0.15) is 0 Å². The highest BCUT2D eigenvalue weighted by atomic mass is 16.4. The van der Waals surface area contributed by atoms with E-state index >= 15 is 0 Å². The van der Waals surface area contributed by atoms with Crippen LogP contribution in [0.1, 0.15) is 16.7 Å². The average Bonchev–Trinajstić information content (AvgIpc) is 2.43. The molecule has 2 aromatic rings. The first kappa shape index (κ1) is 14.8. The van der Waals surface area contributed by atoms with Gasteiger partial charge in [0, 0.05) is 5.69 Å². The summed E-state index contributed by atoms with van der Waals surface area (Å²) in [5.74, 6) is -1.08. The van der Waals surface area contributed by atoms with E-state index < -0.39 is 5.97 Å². The zero-order chi connectivity index (χ0) is 15.2. The molecule has 0 atom stereocenters. The third kappa shape index (κ3) is 4.45. The van der Waals surface area contributed by atoms with E-state index in [4.69, 9.17) is 5.11 Å². The molecule has 0 fully saturated rings. The van der Waals surface area contributed by atoms with Crippen LogP contribution in [0.15, 0.2) is 48.5 Å². The Morgan fingerprint density at radius 2 is 1.67 bits per heavy atom. The molecule has 108 valence electrons. The maximum Gasteiger partial charge on any atom is 0.307 e. The molecule has 0 bridgehead atoms. The second kappa shape index (κ2) is 6.70. The number of rotatable bonds is 5. The Morgan fingerprint density at radius 1 is 1.00 bits per heavy atom. The van der Waals surface area contributed by atoms with Crippen molar-refractivity contribution in [2.75, 3.05) is 5.32 Å². The van der Waals surface area contributed by atoms with Gasteiger partial charge in [0.2, 0.25) is 5.91 Å². The summed E-state index contributed by atoms with van der Waals surface area (Å²) < 4.78 is 0. The molecule has 0 spiro atoms. The fraction of sp³-hybridized carbons (Fsp3) is 0.176. The predicted octanol–water partition coefficient (Wildman–Crippen LogP) is 2.80. The zero-order valence-corrected chi connectivity index (χ0v) is 11.8. The van der Waals surface area contributed by atoms with Crippen molar-refractivity contribution >= 4 is 17.6 Å². The number of aliphatic carboxylic acids is 1. The van der Waals surface area contributed by atoms with Crippen LogP contribution < -0.4 is 5.32 Å². The molecule has 4 nitrogen and oxygen atoms in total. The zero-order valence-electron chi connectivity index (χ0n) is 11.8. The monoisotopic (exact) mass is 283 g/mol. The summed E-state index contributed by atoms with van der Waals surface area (Å²) >= 11 is 0. The van der Waals surface area contributed by atoms with E-state index in [2.05, 4.69) is 5.32 Å². The first-order chi connectivity index (χ1) is 10.0. The SMILES string of the molecule is Cc1ccc(CC(=O)Nc2ccccc2CC(=O)O)cc1. The van der Waals surface area contributed by atoms with Gasteiger partial charge >= 0.3 is 5.97 Å². The van der Waals surface area contributed by atoms with Gasteiger partial charge in [-0.25, -0.2) is 0 Å². The fourth-order valence-electron chi connectivity index (χ4n) is 2.05. The maximum atomic E-state index is 12.0. The summed E-state index contributed by atoms with van der Waals surface area (Å²) in [6.07, 6.45) is 0.155. The van der Waals surface area contributed by atoms with Gasteiger partial charge in [-0.05, 0) is 24.1 Å². The minimum absolute atomic E-state index is 0.110. The molecule has 0 aromatic heterocycles. The number of carboxylic acid groups (broad SMARTS) is 1. The number of carbonyl (C=O) groups is 2. The van der Waals surface area contributed by atoms with Crippen LogP contribution >= 0.6 is 0 Å². The van der Waals surface area contributed by atoms with Gasteiger partial charge in [-0.3, -0.25) is 9.59 Å². The average molecular weight is 283 g/mol. The van der Waals surface area contributed by atoms with Crippen molar-refractivity contribution in [1.29, 1.82) is 0 Å². The summed E-state index contributed by atoms with van der Waals surface area (Å²) in [5.41, 5.74) is 3.22. The molecule has 0 heterocycles. The summed E-state index contributed by atoms with van der Waals surface area (Å²) in [5, 5.41) is 11.7. The normalized spacial score (nSPS) is 10.1. The minimum atomic E-state index is -0.921. The van der Waals surface area contributed by atoms with Crippen LogP contribution in [0.4, 0.5) is 5.69 Å². The van der Waals surface area contributed by atoms with Gasteiger partial charge in [-0.1, -0.05) is 48.0 Å². The molecule has 2 N–H and O–H groups in total. The lowest BCUT2D eigenvalue weighted by molar-refractivity contribution is -0.136. The Bertz CT molecular complexity index is 647. The van der Waals surface area contributed by atoms with Crippen molar-refractivity contribution in [2.24, 2.45) is 0 Å². The number of benzene rings is 2. The quantitative estimate of drug-likeness (QED) is 0.886. The van der Waals surface area contributed by atoms with Crippen molar-refractivity contribution in [3.63, 3.8) is 0 Å². The van der Waals surface area contributed by atoms with Gasteiger partial charge in [0.05, 0.1) is 12.8 Å². The molecule has 4 heteroatoms. The van der Waals surface area contributed by atoms with Crippen molar-refractivity contribution in [3.8, 4) is 0 Å². The van der Waals surface area contributed by atoms with Crippen LogP contribution in [-0.4, -0.2) is 17.0 Å². The molecule has 0 radical (unpaired) electrons. The topological polar surface area (TPSA) is 66.4 Å². The highest BCUT2D eigenvalue weighted by Gasteiger charge is 2.09. The van der Waals surface area contributed by atoms with Gasteiger partial charge in [0.15, 0.2) is 0 Å². The number of anilines is 1. The van der Waals surface area contributed by atoms with Crippen molar-refractivity contribution < 1.29 is 14.7 Å². The lowest BCUT2D eigenvalue weighted by Gasteiger charge is -2.10. The van der Waals surface area contributed by atoms with Crippen LogP contribution in [0, 0.1) is 6.92 Å². The van der Waals surface area contributed by atoms with Crippen LogP contribution in [0.3, 0.4) is 0 Å². The molecule has 1 amide bonds. The number of para-hydroxylation sites is 1. The summed E-state index contributed by atoms with van der Waals surface area (Å²) in [4.78, 5) is 22.9. The van der Waals surface area contributed by atoms with E-state index in [1.54, 1.807) is 24.3 Å². The number of carbonyl (C=O) groups excluding carboxylic acids is 1. The molecule has 0 unspecified atom stereocenters. The molecule has 0 saturated heterocycles. The Balaban J connectivity index is 2.05. The molecule has 2 aromatic carbocycles. The number of hydrogen-bond donors (Lipinski definition) is 2. The van der Waals surface area contributed by atoms with Crippen LogP contribution in [0.2, 0.25) is 0 Å². The lowest BCUT2D eigenvalue weighted by atomic mass is 10.1. The molecule has 0 aliphatic carbocycles. The lowest BCUT2D eigenvalue weighted by Crippen LogP contribution is -2.16. The Labute approximate surface area is 123 Å². The molecule has 0 aliphatic rings. The predicted molar refractivity (Wildman–Crippen MR) is 81.3 cm³/mol. The second-order valence-electron chi connectivity index (χ2n) is 4.94. The van der Waals surface area contributed by atoms with Gasteiger partial charge in [0.1, 0.15) is 0 Å². The Morgan fingerprint density at radius 3 is 2.33 bits per heavy atom. The summed E-state index contributed by atoms with van der Waals surface area (Å²) in [6, 6.07) is 14.7. The first-order valence-electron chi connectivity index (χ1n) is 6.69. The second-order valence-corrected chi connectivity index (χ2v) is 4.94. The molecule has 0 aliphatic heterocycles. The van der Waals surface area contributed by atoms with Gasteiger partial charge < -0.3 is 10.4 Å². The molecule has 0 saturated carbocycles. The van der Waals surface area contributed by atoms with Crippen molar-refractivity contribution in [2.45, 2.75) is 19.8 Å². The molecule has 2 rings (SSSR count). The smallest absolute Gasteiger partial charge is 0.307 e. The van der Waals surface area contributed by atoms with Gasteiger partial charge in [-0.15, -0.1) is 0 Å².